The first kappa shape index (κ1) is 27.0. The molecule has 3 atom stereocenters. The number of aliphatic hydroxyl groups is 1. The Balaban J connectivity index is 1.52. The van der Waals surface area contributed by atoms with Gasteiger partial charge >= 0.3 is 0 Å². The highest BCUT2D eigenvalue weighted by Crippen LogP contribution is 2.44. The summed E-state index contributed by atoms with van der Waals surface area (Å²) in [7, 11) is 0. The number of aromatic nitrogens is 1. The molecule has 5 nitrogen and oxygen atoms in total. The van der Waals surface area contributed by atoms with Crippen LogP contribution in [0.25, 0.3) is 10.9 Å². The van der Waals surface area contributed by atoms with Gasteiger partial charge in [0.2, 0.25) is 0 Å². The third kappa shape index (κ3) is 5.16. The maximum Gasteiger partial charge on any atom is 0.143 e. The lowest BCUT2D eigenvalue weighted by Crippen LogP contribution is -2.53. The average Bonchev–Trinajstić information content (AvgIpc) is 3.18. The Morgan fingerprint density at radius 1 is 1.13 bits per heavy atom. The van der Waals surface area contributed by atoms with Gasteiger partial charge in [0.15, 0.2) is 0 Å². The van der Waals surface area contributed by atoms with Crippen LogP contribution >= 0.6 is 0 Å². The quantitative estimate of drug-likeness (QED) is 0.357. The van der Waals surface area contributed by atoms with Crippen molar-refractivity contribution in [2.24, 2.45) is 0 Å². The van der Waals surface area contributed by atoms with Crippen LogP contribution in [0.15, 0.2) is 30.3 Å². The van der Waals surface area contributed by atoms with Crippen LogP contribution in [0.2, 0.25) is 0 Å². The van der Waals surface area contributed by atoms with Crippen molar-refractivity contribution in [3.63, 3.8) is 0 Å². The van der Waals surface area contributed by atoms with Crippen LogP contribution in [0.3, 0.4) is 0 Å². The molecule has 0 radical (unpaired) electrons. The van der Waals surface area contributed by atoms with Crippen molar-refractivity contribution >= 4 is 10.9 Å². The van der Waals surface area contributed by atoms with E-state index in [0.29, 0.717) is 36.1 Å². The molecule has 2 aliphatic heterocycles. The topological polar surface area (TPSA) is 51.7 Å². The highest BCUT2D eigenvalue weighted by molar-refractivity contribution is 5.85. The molecule has 0 saturated carbocycles. The number of alkyl halides is 1. The number of fused-ring (bicyclic) bond motifs is 3. The molecule has 0 spiro atoms. The van der Waals surface area contributed by atoms with Crippen molar-refractivity contribution < 1.29 is 27.4 Å². The van der Waals surface area contributed by atoms with Gasteiger partial charge < -0.3 is 14.8 Å². The molecule has 3 heterocycles. The summed E-state index contributed by atoms with van der Waals surface area (Å²) in [5.74, 6) is -1.90. The van der Waals surface area contributed by atoms with Gasteiger partial charge in [-0.05, 0) is 57.0 Å². The van der Waals surface area contributed by atoms with E-state index in [9.17, 15) is 9.50 Å². The van der Waals surface area contributed by atoms with Gasteiger partial charge in [-0.25, -0.2) is 17.6 Å². The first-order chi connectivity index (χ1) is 18.1. The van der Waals surface area contributed by atoms with E-state index in [2.05, 4.69) is 16.8 Å². The van der Waals surface area contributed by atoms with Crippen LogP contribution < -0.4 is 4.74 Å². The standard InChI is InChI=1S/C29H35F4N3O2/c1-4-5-8-35-13-20(14-35)38-19-11-23(31)26(24(32)12-19)28-27-22(21-10-18(30)6-7-25(21)34-27)9-17(2)36(28)15-29(3,33)16-37/h6-7,10-12,17,20,28,34,37H,4-5,8-9,13-16H2,1-3H3/t17-,28-,29+/m0/s1. The summed E-state index contributed by atoms with van der Waals surface area (Å²) in [6.45, 7) is 6.66. The van der Waals surface area contributed by atoms with Crippen LogP contribution in [0.1, 0.15) is 56.5 Å². The Hall–Kier alpha value is -2.62. The van der Waals surface area contributed by atoms with Crippen molar-refractivity contribution in [1.29, 1.82) is 0 Å². The van der Waals surface area contributed by atoms with E-state index in [1.165, 1.54) is 31.2 Å². The average molecular weight is 534 g/mol. The summed E-state index contributed by atoms with van der Waals surface area (Å²) < 4.78 is 66.6. The molecule has 2 aromatic carbocycles. The van der Waals surface area contributed by atoms with Crippen molar-refractivity contribution in [2.45, 2.75) is 63.9 Å². The van der Waals surface area contributed by atoms with Gasteiger partial charge in [-0.3, -0.25) is 9.80 Å². The number of likely N-dealkylation sites (tertiary alicyclic amines) is 1. The first-order valence-corrected chi connectivity index (χ1v) is 13.3. The van der Waals surface area contributed by atoms with Crippen molar-refractivity contribution in [1.82, 2.24) is 14.8 Å². The number of aromatic amines is 1. The van der Waals surface area contributed by atoms with Crippen LogP contribution in [0, 0.1) is 17.5 Å². The summed E-state index contributed by atoms with van der Waals surface area (Å²) in [5.41, 5.74) is -0.345. The molecule has 1 saturated heterocycles. The molecule has 0 amide bonds. The normalized spacial score (nSPS) is 22.3. The van der Waals surface area contributed by atoms with Crippen LogP contribution in [-0.2, 0) is 6.42 Å². The summed E-state index contributed by atoms with van der Waals surface area (Å²) in [6, 6.07) is 5.35. The van der Waals surface area contributed by atoms with E-state index >= 15 is 13.2 Å². The van der Waals surface area contributed by atoms with Crippen LogP contribution in [0.5, 0.6) is 5.75 Å². The molecule has 2 aliphatic rings. The maximum absolute atomic E-state index is 15.8. The van der Waals surface area contributed by atoms with E-state index in [4.69, 9.17) is 4.74 Å². The summed E-state index contributed by atoms with van der Waals surface area (Å²) in [5, 5.41) is 10.3. The van der Waals surface area contributed by atoms with Gasteiger partial charge in [0, 0.05) is 60.0 Å². The number of unbranched alkanes of at least 4 members (excludes halogenated alkanes) is 1. The van der Waals surface area contributed by atoms with Crippen molar-refractivity contribution in [3.8, 4) is 5.75 Å². The zero-order chi connectivity index (χ0) is 27.2. The molecule has 2 N–H and O–H groups in total. The van der Waals surface area contributed by atoms with Crippen molar-refractivity contribution in [3.05, 3.63) is 64.6 Å². The summed E-state index contributed by atoms with van der Waals surface area (Å²) in [4.78, 5) is 7.14. The van der Waals surface area contributed by atoms with E-state index in [-0.39, 0.29) is 30.0 Å². The monoisotopic (exact) mass is 533 g/mol. The van der Waals surface area contributed by atoms with E-state index < -0.39 is 35.8 Å². The Morgan fingerprint density at radius 2 is 1.84 bits per heavy atom. The molecular weight excluding hydrogens is 498 g/mol. The second-order valence-electron chi connectivity index (χ2n) is 11.1. The van der Waals surface area contributed by atoms with Gasteiger partial charge in [0.25, 0.3) is 0 Å². The number of halogens is 4. The highest BCUT2D eigenvalue weighted by atomic mass is 19.1. The lowest BCUT2D eigenvalue weighted by molar-refractivity contribution is 0.0153. The maximum atomic E-state index is 15.8. The Kier molecular flexibility index (Phi) is 7.46. The SMILES string of the molecule is CCCCN1CC(Oc2cc(F)c([C@H]3c4[nH]c5ccc(F)cc5c4C[C@H](C)N3C[C@@](C)(F)CO)c(F)c2)C1. The number of H-pyrrole nitrogens is 1. The molecule has 1 fully saturated rings. The minimum atomic E-state index is -1.99. The van der Waals surface area contributed by atoms with Crippen molar-refractivity contribution in [2.75, 3.05) is 32.8 Å². The molecule has 0 bridgehead atoms. The lowest BCUT2D eigenvalue weighted by Gasteiger charge is -2.43. The second-order valence-corrected chi connectivity index (χ2v) is 11.1. The number of nitrogens with one attached hydrogen (secondary N) is 1. The summed E-state index contributed by atoms with van der Waals surface area (Å²) in [6.07, 6.45) is 2.49. The lowest BCUT2D eigenvalue weighted by atomic mass is 9.87. The second kappa shape index (κ2) is 10.5. The minimum absolute atomic E-state index is 0.115. The fraction of sp³-hybridized carbons (Fsp3) is 0.517. The predicted molar refractivity (Wildman–Crippen MR) is 139 cm³/mol. The molecule has 1 aromatic heterocycles. The zero-order valence-corrected chi connectivity index (χ0v) is 22.0. The molecule has 0 unspecified atom stereocenters. The smallest absolute Gasteiger partial charge is 0.143 e. The number of aliphatic hydroxyl groups excluding tert-OH is 1. The number of hydrogen-bond acceptors (Lipinski definition) is 4. The van der Waals surface area contributed by atoms with Crippen LogP contribution in [0.4, 0.5) is 17.6 Å². The van der Waals surface area contributed by atoms with Gasteiger partial charge in [0.1, 0.15) is 35.0 Å². The largest absolute Gasteiger partial charge is 0.488 e. The molecule has 9 heteroatoms. The molecule has 5 rings (SSSR count). The van der Waals surface area contributed by atoms with E-state index in [1.807, 2.05) is 6.92 Å². The number of nitrogens with zero attached hydrogens (tertiary/aromatic N) is 2. The third-order valence-electron chi connectivity index (χ3n) is 7.79. The highest BCUT2D eigenvalue weighted by Gasteiger charge is 2.42. The number of benzene rings is 2. The van der Waals surface area contributed by atoms with Gasteiger partial charge in [-0.1, -0.05) is 13.3 Å². The van der Waals surface area contributed by atoms with E-state index in [1.54, 1.807) is 11.0 Å². The number of ether oxygens (including phenoxy) is 1. The zero-order valence-electron chi connectivity index (χ0n) is 22.0. The first-order valence-electron chi connectivity index (χ1n) is 13.3. The van der Waals surface area contributed by atoms with Crippen LogP contribution in [-0.4, -0.2) is 70.5 Å². The molecule has 3 aromatic rings. The predicted octanol–water partition coefficient (Wildman–Crippen LogP) is 5.50. The van der Waals surface area contributed by atoms with Gasteiger partial charge in [-0.2, -0.15) is 0 Å². The Bertz CT molecular complexity index is 1280. The number of hydrogen-bond donors (Lipinski definition) is 2. The fourth-order valence-electron chi connectivity index (χ4n) is 5.76. The summed E-state index contributed by atoms with van der Waals surface area (Å²) >= 11 is 0. The molecular formula is C29H35F4N3O2. The molecule has 38 heavy (non-hydrogen) atoms. The fourth-order valence-corrected chi connectivity index (χ4v) is 5.76. The van der Waals surface area contributed by atoms with Gasteiger partial charge in [0.05, 0.1) is 12.6 Å². The molecule has 0 aliphatic carbocycles. The minimum Gasteiger partial charge on any atom is -0.488 e. The van der Waals surface area contributed by atoms with Gasteiger partial charge in [-0.15, -0.1) is 0 Å². The third-order valence-corrected chi connectivity index (χ3v) is 7.79. The Morgan fingerprint density at radius 3 is 2.50 bits per heavy atom. The number of rotatable bonds is 9. The molecule has 206 valence electrons. The Labute approximate surface area is 220 Å². The van der Waals surface area contributed by atoms with E-state index in [0.717, 1.165) is 24.9 Å².